The van der Waals surface area contributed by atoms with Crippen molar-refractivity contribution in [3.63, 3.8) is 0 Å². The maximum Gasteiger partial charge on any atom is 0.419 e. The number of likely N-dealkylation sites (tertiary alicyclic amines) is 1. The molecule has 39 heavy (non-hydrogen) atoms. The second-order valence-corrected chi connectivity index (χ2v) is 10.6. The predicted octanol–water partition coefficient (Wildman–Crippen LogP) is 6.52. The zero-order chi connectivity index (χ0) is 27.8. The molecule has 1 atom stereocenters. The van der Waals surface area contributed by atoms with Crippen molar-refractivity contribution in [1.82, 2.24) is 24.8 Å². The van der Waals surface area contributed by atoms with Crippen LogP contribution < -0.4 is 5.32 Å². The lowest BCUT2D eigenvalue weighted by Crippen LogP contribution is -2.47. The van der Waals surface area contributed by atoms with E-state index in [0.29, 0.717) is 42.4 Å². The number of anilines is 1. The molecule has 5 rings (SSSR count). The topological polar surface area (TPSA) is 96.0 Å². The Bertz CT molecular complexity index is 1480. The molecule has 8 nitrogen and oxygen atoms in total. The number of aromatic amines is 1. The van der Waals surface area contributed by atoms with Crippen LogP contribution >= 0.6 is 0 Å². The third kappa shape index (κ3) is 5.97. The Morgan fingerprint density at radius 3 is 2.62 bits per heavy atom. The molecule has 1 aromatic carbocycles. The standard InChI is InChI=1S/C28H29F3N6O2/c1-27(2,3)39-26(38)37-12-4-5-19(16-37)35-25-34-15-22(28(29,30)31)24(36-25)21-14-33-23-13-18(6-7-20(21)23)17-8-10-32-11-9-17/h6-11,13-15,19,33H,4-5,12,16H2,1-3H3,(H,34,35,36)/t19-/m0/s1. The largest absolute Gasteiger partial charge is 0.444 e. The van der Waals surface area contributed by atoms with Gasteiger partial charge in [-0.25, -0.2) is 14.8 Å². The molecule has 3 aromatic heterocycles. The lowest BCUT2D eigenvalue weighted by atomic mass is 10.0. The number of piperidine rings is 1. The van der Waals surface area contributed by atoms with Crippen LogP contribution in [0, 0.1) is 0 Å². The van der Waals surface area contributed by atoms with Crippen molar-refractivity contribution < 1.29 is 22.7 Å². The highest BCUT2D eigenvalue weighted by atomic mass is 19.4. The van der Waals surface area contributed by atoms with E-state index < -0.39 is 23.4 Å². The maximum absolute atomic E-state index is 14.0. The Kier molecular flexibility index (Phi) is 6.92. The second-order valence-electron chi connectivity index (χ2n) is 10.6. The molecule has 0 aliphatic carbocycles. The summed E-state index contributed by atoms with van der Waals surface area (Å²) in [5, 5.41) is 3.74. The summed E-state index contributed by atoms with van der Waals surface area (Å²) in [6.45, 7) is 6.27. The van der Waals surface area contributed by atoms with Gasteiger partial charge >= 0.3 is 12.3 Å². The molecule has 0 spiro atoms. The number of benzene rings is 1. The molecular formula is C28H29F3N6O2. The molecule has 1 saturated heterocycles. The number of fused-ring (bicyclic) bond motifs is 1. The Hall–Kier alpha value is -4.15. The number of nitrogens with one attached hydrogen (secondary N) is 2. The number of hydrogen-bond acceptors (Lipinski definition) is 6. The summed E-state index contributed by atoms with van der Waals surface area (Å²) in [6, 6.07) is 9.02. The minimum atomic E-state index is -4.65. The summed E-state index contributed by atoms with van der Waals surface area (Å²) >= 11 is 0. The van der Waals surface area contributed by atoms with Crippen LogP contribution in [-0.2, 0) is 10.9 Å². The molecule has 1 aliphatic heterocycles. The van der Waals surface area contributed by atoms with E-state index in [0.717, 1.165) is 17.3 Å². The Balaban J connectivity index is 1.44. The number of aromatic nitrogens is 4. The monoisotopic (exact) mass is 538 g/mol. The van der Waals surface area contributed by atoms with Gasteiger partial charge in [0.25, 0.3) is 0 Å². The summed E-state index contributed by atoms with van der Waals surface area (Å²) in [6.07, 6.45) is 2.07. The van der Waals surface area contributed by atoms with Gasteiger partial charge in [-0.1, -0.05) is 12.1 Å². The Labute approximate surface area is 223 Å². The summed E-state index contributed by atoms with van der Waals surface area (Å²) in [4.78, 5) is 29.6. The number of nitrogens with zero attached hydrogens (tertiary/aromatic N) is 4. The fraction of sp³-hybridized carbons (Fsp3) is 0.357. The molecule has 2 N–H and O–H groups in total. The molecule has 204 valence electrons. The minimum absolute atomic E-state index is 0.0665. The van der Waals surface area contributed by atoms with Gasteiger partial charge in [0.15, 0.2) is 0 Å². The number of ether oxygens (including phenoxy) is 1. The lowest BCUT2D eigenvalue weighted by Gasteiger charge is -2.34. The number of H-pyrrole nitrogens is 1. The SMILES string of the molecule is CC(C)(C)OC(=O)N1CCC[C@H](Nc2ncc(C(F)(F)F)c(-c3c[nH]c4cc(-c5ccncc5)ccc34)n2)C1. The molecule has 4 heterocycles. The first-order valence-corrected chi connectivity index (χ1v) is 12.7. The Morgan fingerprint density at radius 2 is 1.90 bits per heavy atom. The number of rotatable bonds is 4. The second kappa shape index (κ2) is 10.2. The summed E-state index contributed by atoms with van der Waals surface area (Å²) < 4.78 is 47.5. The highest BCUT2D eigenvalue weighted by Crippen LogP contribution is 2.39. The first kappa shape index (κ1) is 26.5. The molecule has 0 bridgehead atoms. The third-order valence-electron chi connectivity index (χ3n) is 6.45. The smallest absolute Gasteiger partial charge is 0.419 e. The number of halogens is 3. The van der Waals surface area contributed by atoms with Crippen LogP contribution in [0.25, 0.3) is 33.3 Å². The van der Waals surface area contributed by atoms with E-state index in [4.69, 9.17) is 4.74 Å². The first-order valence-electron chi connectivity index (χ1n) is 12.7. The maximum atomic E-state index is 14.0. The summed E-state index contributed by atoms with van der Waals surface area (Å²) in [7, 11) is 0. The summed E-state index contributed by atoms with van der Waals surface area (Å²) in [5.74, 6) is 0.0665. The van der Waals surface area contributed by atoms with Crippen molar-refractivity contribution in [3.8, 4) is 22.4 Å². The van der Waals surface area contributed by atoms with Gasteiger partial charge in [-0.2, -0.15) is 13.2 Å². The number of alkyl halides is 3. The molecule has 0 radical (unpaired) electrons. The molecule has 1 amide bonds. The quantitative estimate of drug-likeness (QED) is 0.307. The van der Waals surface area contributed by atoms with Crippen LogP contribution in [0.15, 0.2) is 55.1 Å². The van der Waals surface area contributed by atoms with Crippen LogP contribution in [0.1, 0.15) is 39.2 Å². The van der Waals surface area contributed by atoms with Crippen LogP contribution in [0.3, 0.4) is 0 Å². The highest BCUT2D eigenvalue weighted by molar-refractivity contribution is 5.97. The number of amides is 1. The zero-order valence-electron chi connectivity index (χ0n) is 21.8. The zero-order valence-corrected chi connectivity index (χ0v) is 21.8. The van der Waals surface area contributed by atoms with Gasteiger partial charge in [-0.05, 0) is 62.9 Å². The average molecular weight is 539 g/mol. The van der Waals surface area contributed by atoms with Gasteiger partial charge in [0.2, 0.25) is 5.95 Å². The average Bonchev–Trinajstić information content (AvgIpc) is 3.31. The van der Waals surface area contributed by atoms with E-state index in [9.17, 15) is 18.0 Å². The van der Waals surface area contributed by atoms with Crippen LogP contribution in [0.5, 0.6) is 0 Å². The summed E-state index contributed by atoms with van der Waals surface area (Å²) in [5.41, 5.74) is 1.09. The highest BCUT2D eigenvalue weighted by Gasteiger charge is 2.36. The minimum Gasteiger partial charge on any atom is -0.444 e. The molecule has 0 unspecified atom stereocenters. The van der Waals surface area contributed by atoms with Crippen molar-refractivity contribution in [3.05, 3.63) is 60.7 Å². The normalized spacial score (nSPS) is 16.4. The van der Waals surface area contributed by atoms with Gasteiger partial charge in [-0.3, -0.25) is 4.98 Å². The Morgan fingerprint density at radius 1 is 1.13 bits per heavy atom. The van der Waals surface area contributed by atoms with E-state index in [1.54, 1.807) is 44.1 Å². The molecule has 1 fully saturated rings. The van der Waals surface area contributed by atoms with Crippen LogP contribution in [0.4, 0.5) is 23.9 Å². The van der Waals surface area contributed by atoms with Crippen molar-refractivity contribution in [1.29, 1.82) is 0 Å². The fourth-order valence-corrected chi connectivity index (χ4v) is 4.68. The van der Waals surface area contributed by atoms with E-state index >= 15 is 0 Å². The van der Waals surface area contributed by atoms with Crippen molar-refractivity contribution in [2.24, 2.45) is 0 Å². The van der Waals surface area contributed by atoms with Crippen molar-refractivity contribution in [2.45, 2.75) is 51.4 Å². The number of hydrogen-bond donors (Lipinski definition) is 2. The van der Waals surface area contributed by atoms with Crippen molar-refractivity contribution >= 4 is 22.9 Å². The fourth-order valence-electron chi connectivity index (χ4n) is 4.68. The van der Waals surface area contributed by atoms with Gasteiger partial charge in [0.05, 0.1) is 5.69 Å². The van der Waals surface area contributed by atoms with E-state index in [-0.39, 0.29) is 17.7 Å². The number of pyridine rings is 1. The van der Waals surface area contributed by atoms with Gasteiger partial charge < -0.3 is 19.9 Å². The number of carbonyl (C=O) groups is 1. The molecule has 11 heteroatoms. The van der Waals surface area contributed by atoms with Gasteiger partial charge in [0, 0.05) is 60.4 Å². The van der Waals surface area contributed by atoms with Gasteiger partial charge in [0.1, 0.15) is 11.2 Å². The van der Waals surface area contributed by atoms with E-state index in [2.05, 4.69) is 25.3 Å². The molecule has 1 aliphatic rings. The lowest BCUT2D eigenvalue weighted by molar-refractivity contribution is -0.137. The number of carbonyl (C=O) groups excluding carboxylic acids is 1. The van der Waals surface area contributed by atoms with Gasteiger partial charge in [-0.15, -0.1) is 0 Å². The predicted molar refractivity (Wildman–Crippen MR) is 142 cm³/mol. The van der Waals surface area contributed by atoms with Crippen LogP contribution in [-0.4, -0.2) is 55.7 Å². The molecular weight excluding hydrogens is 509 g/mol. The third-order valence-corrected chi connectivity index (χ3v) is 6.45. The van der Waals surface area contributed by atoms with Crippen LogP contribution in [0.2, 0.25) is 0 Å². The van der Waals surface area contributed by atoms with E-state index in [1.807, 2.05) is 24.3 Å². The molecule has 4 aromatic rings. The molecule has 0 saturated carbocycles. The first-order chi connectivity index (χ1) is 18.5. The van der Waals surface area contributed by atoms with E-state index in [1.165, 1.54) is 6.20 Å². The van der Waals surface area contributed by atoms with Crippen molar-refractivity contribution in [2.75, 3.05) is 18.4 Å².